The number of aryl methyl sites for hydroxylation is 1. The van der Waals surface area contributed by atoms with Crippen molar-refractivity contribution in [3.8, 4) is 5.75 Å². The van der Waals surface area contributed by atoms with E-state index in [4.69, 9.17) is 4.74 Å². The van der Waals surface area contributed by atoms with Crippen LogP contribution >= 0.6 is 0 Å². The number of methoxy groups -OCH3 is 1. The fraction of sp³-hybridized carbons (Fsp3) is 0.333. The maximum Gasteiger partial charge on any atom is 0.256 e. The molecule has 1 saturated heterocycles. The van der Waals surface area contributed by atoms with Gasteiger partial charge in [-0.3, -0.25) is 9.59 Å². The van der Waals surface area contributed by atoms with Crippen LogP contribution in [0.15, 0.2) is 48.5 Å². The molecule has 0 bridgehead atoms. The van der Waals surface area contributed by atoms with Crippen LogP contribution in [0.2, 0.25) is 0 Å². The number of carbonyl (C=O) groups is 2. The molecule has 1 fully saturated rings. The Balaban J connectivity index is 1.74. The van der Waals surface area contributed by atoms with E-state index in [0.29, 0.717) is 17.1 Å². The fourth-order valence-corrected chi connectivity index (χ4v) is 3.16. The van der Waals surface area contributed by atoms with Crippen LogP contribution in [0.25, 0.3) is 0 Å². The Morgan fingerprint density at radius 1 is 1.12 bits per heavy atom. The van der Waals surface area contributed by atoms with Gasteiger partial charge in [0, 0.05) is 0 Å². The summed E-state index contributed by atoms with van der Waals surface area (Å²) in [4.78, 5) is 26.5. The first kappa shape index (κ1) is 18.0. The normalized spacial score (nSPS) is 16.8. The van der Waals surface area contributed by atoms with Gasteiger partial charge in [0.15, 0.2) is 0 Å². The van der Waals surface area contributed by atoms with E-state index in [1.807, 2.05) is 48.5 Å². The third-order valence-electron chi connectivity index (χ3n) is 4.60. The van der Waals surface area contributed by atoms with Crippen molar-refractivity contribution < 1.29 is 14.3 Å². The van der Waals surface area contributed by atoms with Crippen molar-refractivity contribution in [3.05, 3.63) is 54.1 Å². The average Bonchev–Trinajstić information content (AvgIpc) is 2.94. The van der Waals surface area contributed by atoms with E-state index < -0.39 is 6.04 Å². The van der Waals surface area contributed by atoms with Crippen molar-refractivity contribution >= 4 is 23.2 Å². The number of unbranched alkanes of at least 4 members (excludes halogenated alkanes) is 1. The standard InChI is InChI=1S/C21H24N2O3/c1-3-4-7-15-10-12-16(13-11-15)23-20(24)14-18(21(23)25)22-17-8-5-6-9-19(17)26-2/h5-6,8-13,18,22H,3-4,7,14H2,1-2H3. The van der Waals surface area contributed by atoms with Gasteiger partial charge in [0.05, 0.1) is 24.9 Å². The highest BCUT2D eigenvalue weighted by Gasteiger charge is 2.39. The van der Waals surface area contributed by atoms with Gasteiger partial charge in [-0.15, -0.1) is 0 Å². The van der Waals surface area contributed by atoms with Crippen LogP contribution in [0, 0.1) is 0 Å². The highest BCUT2D eigenvalue weighted by molar-refractivity contribution is 6.23. The number of rotatable bonds is 7. The van der Waals surface area contributed by atoms with Gasteiger partial charge in [0.1, 0.15) is 11.8 Å². The van der Waals surface area contributed by atoms with Crippen LogP contribution in [0.1, 0.15) is 31.7 Å². The van der Waals surface area contributed by atoms with Crippen molar-refractivity contribution in [1.82, 2.24) is 0 Å². The van der Waals surface area contributed by atoms with E-state index in [-0.39, 0.29) is 18.2 Å². The van der Waals surface area contributed by atoms with Gasteiger partial charge in [0.25, 0.3) is 5.91 Å². The highest BCUT2D eigenvalue weighted by atomic mass is 16.5. The number of amides is 2. The Morgan fingerprint density at radius 2 is 1.85 bits per heavy atom. The molecule has 1 N–H and O–H groups in total. The zero-order valence-electron chi connectivity index (χ0n) is 15.2. The van der Waals surface area contributed by atoms with Crippen LogP contribution in [0.5, 0.6) is 5.75 Å². The van der Waals surface area contributed by atoms with E-state index in [1.165, 1.54) is 10.5 Å². The molecule has 0 saturated carbocycles. The fourth-order valence-electron chi connectivity index (χ4n) is 3.16. The van der Waals surface area contributed by atoms with Crippen LogP contribution in [0.3, 0.4) is 0 Å². The summed E-state index contributed by atoms with van der Waals surface area (Å²) < 4.78 is 5.30. The zero-order valence-corrected chi connectivity index (χ0v) is 15.2. The minimum atomic E-state index is -0.585. The van der Waals surface area contributed by atoms with E-state index >= 15 is 0 Å². The number of hydrogen-bond donors (Lipinski definition) is 1. The van der Waals surface area contributed by atoms with Crippen LogP contribution < -0.4 is 15.0 Å². The summed E-state index contributed by atoms with van der Waals surface area (Å²) in [5.41, 5.74) is 2.56. The number of anilines is 2. The molecule has 0 aliphatic carbocycles. The van der Waals surface area contributed by atoms with Crippen molar-refractivity contribution in [1.29, 1.82) is 0 Å². The largest absolute Gasteiger partial charge is 0.495 e. The van der Waals surface area contributed by atoms with Crippen LogP contribution in [-0.2, 0) is 16.0 Å². The van der Waals surface area contributed by atoms with E-state index in [9.17, 15) is 9.59 Å². The van der Waals surface area contributed by atoms with Gasteiger partial charge in [-0.2, -0.15) is 0 Å². The summed E-state index contributed by atoms with van der Waals surface area (Å²) in [5, 5.41) is 3.14. The molecular weight excluding hydrogens is 328 g/mol. The van der Waals surface area contributed by atoms with E-state index in [1.54, 1.807) is 7.11 Å². The monoisotopic (exact) mass is 352 g/mol. The lowest BCUT2D eigenvalue weighted by Gasteiger charge is -2.17. The molecule has 5 heteroatoms. The molecule has 0 radical (unpaired) electrons. The minimum absolute atomic E-state index is 0.133. The quantitative estimate of drug-likeness (QED) is 0.771. The summed E-state index contributed by atoms with van der Waals surface area (Å²) in [7, 11) is 1.58. The lowest BCUT2D eigenvalue weighted by atomic mass is 10.1. The number of benzene rings is 2. The molecule has 1 unspecified atom stereocenters. The first-order chi connectivity index (χ1) is 12.6. The highest BCUT2D eigenvalue weighted by Crippen LogP contribution is 2.29. The smallest absolute Gasteiger partial charge is 0.256 e. The number of nitrogens with zero attached hydrogens (tertiary/aromatic N) is 1. The summed E-state index contributed by atoms with van der Waals surface area (Å²) in [6, 6.07) is 14.5. The number of imide groups is 1. The van der Waals surface area contributed by atoms with Crippen molar-refractivity contribution in [2.45, 2.75) is 38.6 Å². The molecule has 2 aromatic carbocycles. The lowest BCUT2D eigenvalue weighted by molar-refractivity contribution is -0.121. The van der Waals surface area contributed by atoms with Crippen molar-refractivity contribution in [3.63, 3.8) is 0 Å². The zero-order chi connectivity index (χ0) is 18.5. The Morgan fingerprint density at radius 3 is 2.54 bits per heavy atom. The molecule has 0 spiro atoms. The van der Waals surface area contributed by atoms with Gasteiger partial charge < -0.3 is 10.1 Å². The van der Waals surface area contributed by atoms with Gasteiger partial charge in [-0.1, -0.05) is 37.6 Å². The van der Waals surface area contributed by atoms with Gasteiger partial charge in [-0.25, -0.2) is 4.90 Å². The maximum absolute atomic E-state index is 12.8. The second kappa shape index (κ2) is 8.04. The number of carbonyl (C=O) groups excluding carboxylic acids is 2. The summed E-state index contributed by atoms with van der Waals surface area (Å²) >= 11 is 0. The molecule has 1 atom stereocenters. The van der Waals surface area contributed by atoms with Crippen molar-refractivity contribution in [2.75, 3.05) is 17.3 Å². The Bertz CT molecular complexity index is 786. The molecule has 26 heavy (non-hydrogen) atoms. The molecule has 1 aliphatic heterocycles. The van der Waals surface area contributed by atoms with Gasteiger partial charge >= 0.3 is 0 Å². The molecule has 3 rings (SSSR count). The van der Waals surface area contributed by atoms with Gasteiger partial charge in [-0.05, 0) is 42.7 Å². The number of nitrogens with one attached hydrogen (secondary N) is 1. The predicted molar refractivity (Wildman–Crippen MR) is 103 cm³/mol. The maximum atomic E-state index is 12.8. The molecule has 2 aromatic rings. The van der Waals surface area contributed by atoms with Crippen LogP contribution in [0.4, 0.5) is 11.4 Å². The predicted octanol–water partition coefficient (Wildman–Crippen LogP) is 3.78. The molecule has 1 aliphatic rings. The summed E-state index contributed by atoms with van der Waals surface area (Å²) in [6.07, 6.45) is 3.41. The second-order valence-corrected chi connectivity index (χ2v) is 6.44. The summed E-state index contributed by atoms with van der Waals surface area (Å²) in [6.45, 7) is 2.16. The Kier molecular flexibility index (Phi) is 5.56. The first-order valence-corrected chi connectivity index (χ1v) is 8.99. The Labute approximate surface area is 154 Å². The first-order valence-electron chi connectivity index (χ1n) is 8.99. The second-order valence-electron chi connectivity index (χ2n) is 6.44. The average molecular weight is 352 g/mol. The molecule has 2 amide bonds. The molecule has 136 valence electrons. The SMILES string of the molecule is CCCCc1ccc(N2C(=O)CC(Nc3ccccc3OC)C2=O)cc1. The number of ether oxygens (including phenoxy) is 1. The van der Waals surface area contributed by atoms with Crippen LogP contribution in [-0.4, -0.2) is 25.0 Å². The molecular formula is C21H24N2O3. The van der Waals surface area contributed by atoms with Gasteiger partial charge in [0.2, 0.25) is 5.91 Å². The van der Waals surface area contributed by atoms with E-state index in [0.717, 1.165) is 19.3 Å². The molecule has 1 heterocycles. The molecule has 0 aromatic heterocycles. The number of hydrogen-bond acceptors (Lipinski definition) is 4. The minimum Gasteiger partial charge on any atom is -0.495 e. The topological polar surface area (TPSA) is 58.6 Å². The molecule has 5 nitrogen and oxygen atoms in total. The summed E-state index contributed by atoms with van der Waals surface area (Å²) in [5.74, 6) is 0.220. The Hall–Kier alpha value is -2.82. The number of para-hydroxylation sites is 2. The third-order valence-corrected chi connectivity index (χ3v) is 4.60. The van der Waals surface area contributed by atoms with E-state index in [2.05, 4.69) is 12.2 Å². The van der Waals surface area contributed by atoms with Crippen molar-refractivity contribution in [2.24, 2.45) is 0 Å². The lowest BCUT2D eigenvalue weighted by Crippen LogP contribution is -2.34. The third kappa shape index (κ3) is 3.72.